The lowest BCUT2D eigenvalue weighted by Crippen LogP contribution is -2.46. The molecule has 1 aliphatic heterocycles. The highest BCUT2D eigenvalue weighted by molar-refractivity contribution is 6.33. The predicted molar refractivity (Wildman–Crippen MR) is 142 cm³/mol. The summed E-state index contributed by atoms with van der Waals surface area (Å²) in [4.78, 5) is 33.1. The van der Waals surface area contributed by atoms with Gasteiger partial charge >= 0.3 is 5.97 Å². The minimum absolute atomic E-state index is 0.0792. The van der Waals surface area contributed by atoms with E-state index in [1.54, 1.807) is 12.3 Å². The highest BCUT2D eigenvalue weighted by Crippen LogP contribution is 2.28. The van der Waals surface area contributed by atoms with E-state index in [2.05, 4.69) is 20.1 Å². The van der Waals surface area contributed by atoms with Crippen molar-refractivity contribution in [3.8, 4) is 0 Å². The van der Waals surface area contributed by atoms with Gasteiger partial charge in [-0.2, -0.15) is 0 Å². The first-order valence-corrected chi connectivity index (χ1v) is 12.6. The third-order valence-corrected chi connectivity index (χ3v) is 6.86. The molecule has 2 heterocycles. The Bertz CT molecular complexity index is 1250. The molecule has 1 aliphatic rings. The molecule has 3 aromatic rings. The topological polar surface area (TPSA) is 85.8 Å². The van der Waals surface area contributed by atoms with Gasteiger partial charge in [-0.3, -0.25) is 9.69 Å². The number of carbonyl (C=O) groups is 2. The lowest BCUT2D eigenvalue weighted by Gasteiger charge is -2.36. The van der Waals surface area contributed by atoms with E-state index in [9.17, 15) is 19.1 Å². The Morgan fingerprint density at radius 2 is 1.70 bits per heavy atom. The molecule has 1 saturated heterocycles. The number of aromatic nitrogens is 1. The van der Waals surface area contributed by atoms with Crippen molar-refractivity contribution in [2.24, 2.45) is 0 Å². The molecule has 0 bridgehead atoms. The van der Waals surface area contributed by atoms with Crippen molar-refractivity contribution in [2.45, 2.75) is 32.9 Å². The Morgan fingerprint density at radius 3 is 2.32 bits per heavy atom. The molecule has 4 rings (SSSR count). The van der Waals surface area contributed by atoms with Crippen LogP contribution in [0.5, 0.6) is 0 Å². The Hall–Kier alpha value is -3.49. The second-order valence-corrected chi connectivity index (χ2v) is 9.82. The summed E-state index contributed by atoms with van der Waals surface area (Å²) in [5.41, 5.74) is 2.97. The largest absolute Gasteiger partial charge is 0.478 e. The maximum atomic E-state index is 13.9. The molecule has 0 radical (unpaired) electrons. The van der Waals surface area contributed by atoms with Crippen LogP contribution >= 0.6 is 11.6 Å². The first-order chi connectivity index (χ1) is 17.7. The van der Waals surface area contributed by atoms with Gasteiger partial charge in [0, 0.05) is 45.5 Å². The van der Waals surface area contributed by atoms with E-state index in [1.165, 1.54) is 18.2 Å². The summed E-state index contributed by atoms with van der Waals surface area (Å²) in [6, 6.07) is 13.8. The van der Waals surface area contributed by atoms with Crippen LogP contribution in [0.3, 0.4) is 0 Å². The number of pyridine rings is 1. The van der Waals surface area contributed by atoms with Crippen LogP contribution in [-0.2, 0) is 13.1 Å². The van der Waals surface area contributed by atoms with E-state index in [-0.39, 0.29) is 23.0 Å². The summed E-state index contributed by atoms with van der Waals surface area (Å²) in [5.74, 6) is -1.50. The minimum Gasteiger partial charge on any atom is -0.478 e. The summed E-state index contributed by atoms with van der Waals surface area (Å²) in [7, 11) is 0. The van der Waals surface area contributed by atoms with E-state index in [4.69, 9.17) is 11.6 Å². The van der Waals surface area contributed by atoms with Gasteiger partial charge in [-0.1, -0.05) is 55.8 Å². The molecule has 0 saturated carbocycles. The third-order valence-electron chi connectivity index (χ3n) is 6.54. The number of hydrogen-bond acceptors (Lipinski definition) is 5. The smallest absolute Gasteiger partial charge is 0.339 e. The molecule has 0 unspecified atom stereocenters. The van der Waals surface area contributed by atoms with Crippen molar-refractivity contribution < 1.29 is 19.1 Å². The molecule has 9 heteroatoms. The van der Waals surface area contributed by atoms with Crippen molar-refractivity contribution in [2.75, 3.05) is 31.1 Å². The number of amides is 1. The Morgan fingerprint density at radius 1 is 1.03 bits per heavy atom. The predicted octanol–water partition coefficient (Wildman–Crippen LogP) is 4.95. The summed E-state index contributed by atoms with van der Waals surface area (Å²) in [6.07, 6.45) is 1.69. The first-order valence-electron chi connectivity index (χ1n) is 12.2. The van der Waals surface area contributed by atoms with Crippen LogP contribution < -0.4 is 10.2 Å². The van der Waals surface area contributed by atoms with Crippen LogP contribution in [-0.4, -0.2) is 53.0 Å². The maximum Gasteiger partial charge on any atom is 0.339 e. The average Bonchev–Trinajstić information content (AvgIpc) is 2.88. The number of rotatable bonds is 8. The molecule has 1 aromatic heterocycles. The molecule has 2 aromatic carbocycles. The zero-order valence-electron chi connectivity index (χ0n) is 20.9. The van der Waals surface area contributed by atoms with Crippen LogP contribution in [0.4, 0.5) is 10.2 Å². The molecule has 7 nitrogen and oxygen atoms in total. The van der Waals surface area contributed by atoms with E-state index >= 15 is 0 Å². The fourth-order valence-corrected chi connectivity index (χ4v) is 4.78. The highest BCUT2D eigenvalue weighted by Gasteiger charge is 2.25. The highest BCUT2D eigenvalue weighted by atomic mass is 35.5. The van der Waals surface area contributed by atoms with Gasteiger partial charge in [-0.15, -0.1) is 0 Å². The van der Waals surface area contributed by atoms with E-state index in [1.807, 2.05) is 38.1 Å². The molecule has 2 N–H and O–H groups in total. The third kappa shape index (κ3) is 6.26. The molecule has 0 aliphatic carbocycles. The molecule has 1 fully saturated rings. The number of aromatic carboxylic acids is 1. The zero-order valence-corrected chi connectivity index (χ0v) is 21.6. The maximum absolute atomic E-state index is 13.9. The van der Waals surface area contributed by atoms with E-state index in [0.29, 0.717) is 24.5 Å². The number of halogens is 2. The van der Waals surface area contributed by atoms with Crippen molar-refractivity contribution in [1.29, 1.82) is 0 Å². The van der Waals surface area contributed by atoms with Crippen LogP contribution in [0.15, 0.2) is 54.7 Å². The number of benzene rings is 2. The average molecular weight is 525 g/mol. The molecular formula is C28H30ClFN4O3. The second-order valence-electron chi connectivity index (χ2n) is 9.42. The number of nitrogens with zero attached hydrogens (tertiary/aromatic N) is 3. The van der Waals surface area contributed by atoms with Gasteiger partial charge in [-0.05, 0) is 40.8 Å². The number of anilines is 1. The van der Waals surface area contributed by atoms with Crippen molar-refractivity contribution in [3.63, 3.8) is 0 Å². The van der Waals surface area contributed by atoms with Crippen LogP contribution in [0, 0.1) is 5.82 Å². The number of carboxylic acid groups (broad SMARTS) is 1. The Balaban J connectivity index is 1.32. The fourth-order valence-electron chi connectivity index (χ4n) is 4.53. The van der Waals surface area contributed by atoms with E-state index < -0.39 is 17.7 Å². The molecule has 194 valence electrons. The molecule has 0 atom stereocenters. The molecule has 0 spiro atoms. The van der Waals surface area contributed by atoms with Crippen molar-refractivity contribution in [3.05, 3.63) is 93.4 Å². The van der Waals surface area contributed by atoms with Gasteiger partial charge in [0.05, 0.1) is 10.6 Å². The van der Waals surface area contributed by atoms with Crippen LogP contribution in [0.25, 0.3) is 0 Å². The SMILES string of the molecule is CC(C)c1ccnc(N2CCN(Cc3ccc(CNC(=O)c4c(F)cccc4Cl)cc3)CC2)c1C(=O)O. The lowest BCUT2D eigenvalue weighted by molar-refractivity contribution is 0.0695. The summed E-state index contributed by atoms with van der Waals surface area (Å²) < 4.78 is 13.9. The number of hydrogen-bond donors (Lipinski definition) is 2. The normalized spacial score (nSPS) is 14.1. The monoisotopic (exact) mass is 524 g/mol. The quantitative estimate of drug-likeness (QED) is 0.434. The van der Waals surface area contributed by atoms with Gasteiger partial charge < -0.3 is 15.3 Å². The van der Waals surface area contributed by atoms with Gasteiger partial charge in [-0.25, -0.2) is 14.2 Å². The van der Waals surface area contributed by atoms with Crippen LogP contribution in [0.1, 0.15) is 57.2 Å². The Labute approximate surface area is 220 Å². The van der Waals surface area contributed by atoms with Gasteiger partial charge in [0.1, 0.15) is 17.2 Å². The number of nitrogens with one attached hydrogen (secondary N) is 1. The summed E-state index contributed by atoms with van der Waals surface area (Å²) in [6.45, 7) is 7.95. The van der Waals surface area contributed by atoms with Crippen LogP contribution in [0.2, 0.25) is 5.02 Å². The summed E-state index contributed by atoms with van der Waals surface area (Å²) >= 11 is 5.97. The van der Waals surface area contributed by atoms with Crippen molar-refractivity contribution >= 4 is 29.3 Å². The Kier molecular flexibility index (Phi) is 8.41. The minimum atomic E-state index is -0.942. The molecular weight excluding hydrogens is 495 g/mol. The zero-order chi connectivity index (χ0) is 26.5. The molecule has 1 amide bonds. The molecule has 37 heavy (non-hydrogen) atoms. The standard InChI is InChI=1S/C28H30ClFN4O3/c1-18(2)21-10-11-31-26(24(21)28(36)37)34-14-12-33(13-15-34)17-20-8-6-19(7-9-20)16-32-27(35)25-22(29)4-3-5-23(25)30/h3-11,18H,12-17H2,1-2H3,(H,32,35)(H,36,37). The lowest BCUT2D eigenvalue weighted by atomic mass is 9.98. The van der Waals surface area contributed by atoms with E-state index in [0.717, 1.165) is 36.3 Å². The van der Waals surface area contributed by atoms with Crippen molar-refractivity contribution in [1.82, 2.24) is 15.2 Å². The fraction of sp³-hybridized carbons (Fsp3) is 0.321. The number of carbonyl (C=O) groups excluding carboxylic acids is 1. The van der Waals surface area contributed by atoms with Gasteiger partial charge in [0.25, 0.3) is 5.91 Å². The summed E-state index contributed by atoms with van der Waals surface area (Å²) in [5, 5.41) is 12.6. The van der Waals surface area contributed by atoms with Gasteiger partial charge in [0.2, 0.25) is 0 Å². The first kappa shape index (κ1) is 26.6. The second kappa shape index (κ2) is 11.7. The van der Waals surface area contributed by atoms with Gasteiger partial charge in [0.15, 0.2) is 0 Å². The number of piperazine rings is 1. The number of carboxylic acids is 1.